The summed E-state index contributed by atoms with van der Waals surface area (Å²) in [5.74, 6) is -1.22. The molecule has 0 aliphatic carbocycles. The molecule has 0 fully saturated rings. The van der Waals surface area contributed by atoms with Crippen molar-refractivity contribution >= 4 is 38.9 Å². The molecule has 3 aromatic rings. The average molecular weight is 447 g/mol. The van der Waals surface area contributed by atoms with Gasteiger partial charge in [-0.1, -0.05) is 48.0 Å². The molecule has 0 aliphatic rings. The SMILES string of the molecule is Cc1cccc(C)c1NC(=O)CN(c1ccc(F)c(Cl)c1)S(=O)(=O)c1ccccc1. The van der Waals surface area contributed by atoms with Gasteiger partial charge < -0.3 is 5.32 Å². The van der Waals surface area contributed by atoms with E-state index in [1.165, 1.54) is 24.3 Å². The van der Waals surface area contributed by atoms with Crippen LogP contribution in [0.2, 0.25) is 5.02 Å². The molecule has 0 saturated heterocycles. The van der Waals surface area contributed by atoms with Gasteiger partial charge >= 0.3 is 0 Å². The molecule has 5 nitrogen and oxygen atoms in total. The highest BCUT2D eigenvalue weighted by atomic mass is 35.5. The highest BCUT2D eigenvalue weighted by Gasteiger charge is 2.28. The molecule has 0 atom stereocenters. The Morgan fingerprint density at radius 1 is 1.00 bits per heavy atom. The molecule has 30 heavy (non-hydrogen) atoms. The molecule has 3 rings (SSSR count). The fourth-order valence-corrected chi connectivity index (χ4v) is 4.60. The minimum Gasteiger partial charge on any atom is -0.324 e. The van der Waals surface area contributed by atoms with Crippen molar-refractivity contribution in [3.05, 3.63) is 88.7 Å². The van der Waals surface area contributed by atoms with E-state index >= 15 is 0 Å². The summed E-state index contributed by atoms with van der Waals surface area (Å²) < 4.78 is 41.1. The molecule has 0 spiro atoms. The molecule has 1 N–H and O–H groups in total. The number of para-hydroxylation sites is 1. The molecule has 0 heterocycles. The van der Waals surface area contributed by atoms with Gasteiger partial charge in [-0.3, -0.25) is 9.10 Å². The second-order valence-electron chi connectivity index (χ2n) is 6.74. The maximum atomic E-state index is 13.6. The lowest BCUT2D eigenvalue weighted by Crippen LogP contribution is -2.38. The van der Waals surface area contributed by atoms with Crippen LogP contribution in [0.4, 0.5) is 15.8 Å². The number of amides is 1. The fraction of sp³-hybridized carbons (Fsp3) is 0.136. The van der Waals surface area contributed by atoms with Crippen molar-refractivity contribution in [3.63, 3.8) is 0 Å². The third-order valence-corrected chi connectivity index (χ3v) is 6.63. The molecule has 156 valence electrons. The number of carbonyl (C=O) groups excluding carboxylic acids is 1. The molecule has 0 aromatic heterocycles. The first kappa shape index (κ1) is 21.8. The Morgan fingerprint density at radius 2 is 1.63 bits per heavy atom. The summed E-state index contributed by atoms with van der Waals surface area (Å²) in [6.07, 6.45) is 0. The van der Waals surface area contributed by atoms with Crippen molar-refractivity contribution in [1.82, 2.24) is 0 Å². The van der Waals surface area contributed by atoms with E-state index in [0.717, 1.165) is 21.5 Å². The number of carbonyl (C=O) groups is 1. The number of hydrogen-bond donors (Lipinski definition) is 1. The molecule has 0 saturated carbocycles. The maximum absolute atomic E-state index is 13.6. The Morgan fingerprint density at radius 3 is 2.23 bits per heavy atom. The zero-order valence-electron chi connectivity index (χ0n) is 16.4. The van der Waals surface area contributed by atoms with Gasteiger partial charge in [0, 0.05) is 5.69 Å². The van der Waals surface area contributed by atoms with Gasteiger partial charge in [0.15, 0.2) is 0 Å². The number of halogens is 2. The first-order valence-electron chi connectivity index (χ1n) is 9.09. The summed E-state index contributed by atoms with van der Waals surface area (Å²) in [6, 6.07) is 16.8. The van der Waals surface area contributed by atoms with Crippen molar-refractivity contribution in [3.8, 4) is 0 Å². The number of sulfonamides is 1. The largest absolute Gasteiger partial charge is 0.324 e. The minimum absolute atomic E-state index is 0.00493. The first-order valence-corrected chi connectivity index (χ1v) is 10.9. The number of nitrogens with one attached hydrogen (secondary N) is 1. The maximum Gasteiger partial charge on any atom is 0.264 e. The topological polar surface area (TPSA) is 66.5 Å². The lowest BCUT2D eigenvalue weighted by atomic mass is 10.1. The summed E-state index contributed by atoms with van der Waals surface area (Å²) >= 11 is 5.86. The number of nitrogens with zero attached hydrogens (tertiary/aromatic N) is 1. The highest BCUT2D eigenvalue weighted by molar-refractivity contribution is 7.92. The third-order valence-electron chi connectivity index (χ3n) is 4.56. The van der Waals surface area contributed by atoms with Gasteiger partial charge in [0.1, 0.15) is 12.4 Å². The van der Waals surface area contributed by atoms with E-state index in [1.807, 2.05) is 32.0 Å². The van der Waals surface area contributed by atoms with Crippen LogP contribution in [0.1, 0.15) is 11.1 Å². The fourth-order valence-electron chi connectivity index (χ4n) is 3.00. The van der Waals surface area contributed by atoms with Gasteiger partial charge in [0.2, 0.25) is 5.91 Å². The van der Waals surface area contributed by atoms with E-state index in [0.29, 0.717) is 5.69 Å². The first-order chi connectivity index (χ1) is 14.2. The lowest BCUT2D eigenvalue weighted by molar-refractivity contribution is -0.114. The summed E-state index contributed by atoms with van der Waals surface area (Å²) in [6.45, 7) is 3.19. The van der Waals surface area contributed by atoms with Crippen LogP contribution in [0.5, 0.6) is 0 Å². The highest BCUT2D eigenvalue weighted by Crippen LogP contribution is 2.28. The summed E-state index contributed by atoms with van der Waals surface area (Å²) in [7, 11) is -4.10. The van der Waals surface area contributed by atoms with Crippen LogP contribution in [-0.4, -0.2) is 20.9 Å². The van der Waals surface area contributed by atoms with E-state index in [4.69, 9.17) is 11.6 Å². The predicted octanol–water partition coefficient (Wildman–Crippen LogP) is 4.93. The lowest BCUT2D eigenvalue weighted by Gasteiger charge is -2.24. The zero-order valence-corrected chi connectivity index (χ0v) is 18.0. The van der Waals surface area contributed by atoms with Crippen molar-refractivity contribution in [2.24, 2.45) is 0 Å². The van der Waals surface area contributed by atoms with Gasteiger partial charge in [-0.05, 0) is 55.3 Å². The molecular formula is C22H20ClFN2O3S. The monoisotopic (exact) mass is 446 g/mol. The number of aryl methyl sites for hydroxylation is 2. The molecule has 3 aromatic carbocycles. The van der Waals surface area contributed by atoms with E-state index in [9.17, 15) is 17.6 Å². The Hall–Kier alpha value is -2.90. The standard InChI is InChI=1S/C22H20ClFN2O3S/c1-15-7-6-8-16(2)22(15)25-21(27)14-26(17-11-12-20(24)19(23)13-17)30(28,29)18-9-4-3-5-10-18/h3-13H,14H2,1-2H3,(H,25,27). The minimum atomic E-state index is -4.10. The van der Waals surface area contributed by atoms with Gasteiger partial charge in [0.25, 0.3) is 10.0 Å². The van der Waals surface area contributed by atoms with E-state index < -0.39 is 28.3 Å². The van der Waals surface area contributed by atoms with Crippen LogP contribution in [-0.2, 0) is 14.8 Å². The van der Waals surface area contributed by atoms with Gasteiger partial charge in [-0.25, -0.2) is 12.8 Å². The van der Waals surface area contributed by atoms with E-state index in [-0.39, 0.29) is 15.6 Å². The summed E-state index contributed by atoms with van der Waals surface area (Å²) in [4.78, 5) is 12.8. The third kappa shape index (κ3) is 4.63. The van der Waals surface area contributed by atoms with Crippen molar-refractivity contribution < 1.29 is 17.6 Å². The smallest absolute Gasteiger partial charge is 0.264 e. The predicted molar refractivity (Wildman–Crippen MR) is 117 cm³/mol. The van der Waals surface area contributed by atoms with Crippen LogP contribution in [0.15, 0.2) is 71.6 Å². The van der Waals surface area contributed by atoms with Crippen LogP contribution >= 0.6 is 11.6 Å². The Kier molecular flexibility index (Phi) is 6.43. The van der Waals surface area contributed by atoms with Crippen molar-refractivity contribution in [1.29, 1.82) is 0 Å². The molecule has 1 amide bonds. The number of hydrogen-bond acceptors (Lipinski definition) is 3. The van der Waals surface area contributed by atoms with E-state index in [2.05, 4.69) is 5.32 Å². The van der Waals surface area contributed by atoms with Gasteiger partial charge in [-0.2, -0.15) is 0 Å². The number of rotatable bonds is 6. The zero-order chi connectivity index (χ0) is 21.9. The second-order valence-corrected chi connectivity index (χ2v) is 9.01. The van der Waals surface area contributed by atoms with Crippen LogP contribution in [0, 0.1) is 19.7 Å². The molecule has 8 heteroatoms. The normalized spacial score (nSPS) is 11.2. The molecule has 0 radical (unpaired) electrons. The number of anilines is 2. The molecular weight excluding hydrogens is 427 g/mol. The quantitative estimate of drug-likeness (QED) is 0.583. The summed E-state index contributed by atoms with van der Waals surface area (Å²) in [5.41, 5.74) is 2.41. The Balaban J connectivity index is 1.99. The van der Waals surface area contributed by atoms with Gasteiger partial charge in [-0.15, -0.1) is 0 Å². The van der Waals surface area contributed by atoms with Gasteiger partial charge in [0.05, 0.1) is 15.6 Å². The van der Waals surface area contributed by atoms with Crippen molar-refractivity contribution in [2.45, 2.75) is 18.7 Å². The average Bonchev–Trinajstić information content (AvgIpc) is 2.72. The van der Waals surface area contributed by atoms with Crippen LogP contribution < -0.4 is 9.62 Å². The molecule has 0 aliphatic heterocycles. The van der Waals surface area contributed by atoms with Crippen LogP contribution in [0.3, 0.4) is 0 Å². The molecule has 0 bridgehead atoms. The number of benzene rings is 3. The Bertz CT molecular complexity index is 1160. The van der Waals surface area contributed by atoms with Crippen molar-refractivity contribution in [2.75, 3.05) is 16.2 Å². The van der Waals surface area contributed by atoms with E-state index in [1.54, 1.807) is 18.2 Å². The van der Waals surface area contributed by atoms with Crippen LogP contribution in [0.25, 0.3) is 0 Å². The molecule has 0 unspecified atom stereocenters. The second kappa shape index (κ2) is 8.85. The summed E-state index contributed by atoms with van der Waals surface area (Å²) in [5, 5.41) is 2.54. The Labute approximate surface area is 180 Å².